The largest absolute Gasteiger partial charge is 0.496 e. The monoisotopic (exact) mass is 329 g/mol. The number of methoxy groups -OCH3 is 1. The Balaban J connectivity index is 2.05. The van der Waals surface area contributed by atoms with Crippen LogP contribution in [0.3, 0.4) is 0 Å². The highest BCUT2D eigenvalue weighted by Crippen LogP contribution is 2.30. The summed E-state index contributed by atoms with van der Waals surface area (Å²) in [5, 5.41) is 13.7. The quantitative estimate of drug-likeness (QED) is 0.558. The van der Waals surface area contributed by atoms with Crippen LogP contribution in [0, 0.1) is 10.1 Å². The minimum absolute atomic E-state index is 0.0915. The van der Waals surface area contributed by atoms with E-state index in [0.717, 1.165) is 6.07 Å². The van der Waals surface area contributed by atoms with Crippen LogP contribution in [0.1, 0.15) is 10.4 Å². The fraction of sp³-hybridized carbons (Fsp3) is 0.0667. The van der Waals surface area contributed by atoms with Gasteiger partial charge in [0.15, 0.2) is 5.58 Å². The van der Waals surface area contributed by atoms with Crippen molar-refractivity contribution in [1.82, 2.24) is 4.98 Å². The molecule has 9 heteroatoms. The van der Waals surface area contributed by atoms with Crippen LogP contribution < -0.4 is 15.8 Å². The first-order chi connectivity index (χ1) is 11.5. The number of rotatable bonds is 4. The summed E-state index contributed by atoms with van der Waals surface area (Å²) in [6, 6.07) is 8.79. The minimum Gasteiger partial charge on any atom is -0.496 e. The normalized spacial score (nSPS) is 10.5. The molecule has 2 N–H and O–H groups in total. The lowest BCUT2D eigenvalue weighted by molar-refractivity contribution is -0.383. The zero-order chi connectivity index (χ0) is 17.3. The number of aromatic amines is 1. The van der Waals surface area contributed by atoms with Crippen LogP contribution >= 0.6 is 0 Å². The van der Waals surface area contributed by atoms with E-state index >= 15 is 0 Å². The summed E-state index contributed by atoms with van der Waals surface area (Å²) in [5.41, 5.74) is 0.0155. The molecule has 24 heavy (non-hydrogen) atoms. The van der Waals surface area contributed by atoms with E-state index in [9.17, 15) is 19.7 Å². The average molecular weight is 329 g/mol. The van der Waals surface area contributed by atoms with Crippen molar-refractivity contribution in [3.05, 3.63) is 62.6 Å². The van der Waals surface area contributed by atoms with Crippen LogP contribution in [0.2, 0.25) is 0 Å². The minimum atomic E-state index is -0.743. The Morgan fingerprint density at radius 1 is 1.33 bits per heavy atom. The van der Waals surface area contributed by atoms with Gasteiger partial charge in [-0.25, -0.2) is 4.79 Å². The third-order valence-electron chi connectivity index (χ3n) is 3.33. The van der Waals surface area contributed by atoms with Gasteiger partial charge >= 0.3 is 5.76 Å². The molecule has 2 aromatic carbocycles. The summed E-state index contributed by atoms with van der Waals surface area (Å²) < 4.78 is 9.96. The van der Waals surface area contributed by atoms with Crippen molar-refractivity contribution < 1.29 is 18.9 Å². The van der Waals surface area contributed by atoms with E-state index in [4.69, 9.17) is 9.15 Å². The Kier molecular flexibility index (Phi) is 3.74. The Hall–Kier alpha value is -3.62. The molecule has 9 nitrogen and oxygen atoms in total. The van der Waals surface area contributed by atoms with Crippen LogP contribution in [-0.4, -0.2) is 22.9 Å². The molecule has 0 saturated carbocycles. The lowest BCUT2D eigenvalue weighted by atomic mass is 10.1. The second-order valence-electron chi connectivity index (χ2n) is 4.79. The molecule has 1 amide bonds. The van der Waals surface area contributed by atoms with E-state index in [-0.39, 0.29) is 28.0 Å². The topological polar surface area (TPSA) is 127 Å². The maximum absolute atomic E-state index is 12.4. The SMILES string of the molecule is COc1ccccc1C(=O)Nc1cc2oc(=O)[nH]c2cc1[N+](=O)[O-]. The molecule has 0 aliphatic rings. The van der Waals surface area contributed by atoms with Crippen molar-refractivity contribution in [2.24, 2.45) is 0 Å². The first kappa shape index (κ1) is 15.3. The van der Waals surface area contributed by atoms with Crippen LogP contribution in [0.25, 0.3) is 11.1 Å². The van der Waals surface area contributed by atoms with E-state index in [0.29, 0.717) is 5.75 Å². The number of ether oxygens (including phenoxy) is 1. The van der Waals surface area contributed by atoms with Crippen molar-refractivity contribution in [3.8, 4) is 5.75 Å². The molecule has 0 aliphatic heterocycles. The van der Waals surface area contributed by atoms with Gasteiger partial charge in [0.1, 0.15) is 11.4 Å². The number of oxazole rings is 1. The molecular formula is C15H11N3O6. The number of nitro groups is 1. The second kappa shape index (κ2) is 5.88. The van der Waals surface area contributed by atoms with Crippen molar-refractivity contribution in [1.29, 1.82) is 0 Å². The van der Waals surface area contributed by atoms with E-state index in [1.165, 1.54) is 19.2 Å². The number of nitro benzene ring substituents is 1. The number of hydrogen-bond acceptors (Lipinski definition) is 6. The molecule has 122 valence electrons. The number of hydrogen-bond donors (Lipinski definition) is 2. The third kappa shape index (κ3) is 2.70. The summed E-state index contributed by atoms with van der Waals surface area (Å²) in [4.78, 5) is 36.5. The Bertz CT molecular complexity index is 1000. The van der Waals surface area contributed by atoms with Crippen molar-refractivity contribution in [2.75, 3.05) is 12.4 Å². The summed E-state index contributed by atoms with van der Waals surface area (Å²) in [5.74, 6) is -1.01. The Labute approximate surface area is 134 Å². The van der Waals surface area contributed by atoms with E-state index in [2.05, 4.69) is 10.3 Å². The van der Waals surface area contributed by atoms with Gasteiger partial charge in [-0.3, -0.25) is 19.9 Å². The highest BCUT2D eigenvalue weighted by molar-refractivity contribution is 6.08. The number of nitrogens with one attached hydrogen (secondary N) is 2. The molecule has 0 unspecified atom stereocenters. The molecule has 3 aromatic rings. The van der Waals surface area contributed by atoms with Gasteiger partial charge in [-0.2, -0.15) is 0 Å². The lowest BCUT2D eigenvalue weighted by Crippen LogP contribution is -2.14. The number of benzene rings is 2. The maximum Gasteiger partial charge on any atom is 0.417 e. The number of nitrogens with zero attached hydrogens (tertiary/aromatic N) is 1. The highest BCUT2D eigenvalue weighted by atomic mass is 16.6. The molecule has 1 heterocycles. The molecule has 0 aliphatic carbocycles. The van der Waals surface area contributed by atoms with Gasteiger partial charge in [-0.1, -0.05) is 12.1 Å². The standard InChI is InChI=1S/C15H11N3O6/c1-23-12-5-3-2-4-8(12)14(19)16-9-7-13-10(17-15(20)24-13)6-11(9)18(21)22/h2-7H,1H3,(H,16,19)(H,17,20). The van der Waals surface area contributed by atoms with Crippen molar-refractivity contribution >= 4 is 28.4 Å². The van der Waals surface area contributed by atoms with Crippen LogP contribution in [0.15, 0.2) is 45.6 Å². The van der Waals surface area contributed by atoms with Gasteiger partial charge in [-0.15, -0.1) is 0 Å². The number of aromatic nitrogens is 1. The molecule has 0 bridgehead atoms. The first-order valence-corrected chi connectivity index (χ1v) is 6.75. The number of anilines is 1. The van der Waals surface area contributed by atoms with Gasteiger partial charge in [-0.05, 0) is 12.1 Å². The smallest absolute Gasteiger partial charge is 0.417 e. The predicted molar refractivity (Wildman–Crippen MR) is 84.4 cm³/mol. The molecule has 0 atom stereocenters. The predicted octanol–water partition coefficient (Wildman–Crippen LogP) is 2.29. The van der Waals surface area contributed by atoms with E-state index < -0.39 is 16.6 Å². The molecule has 3 rings (SSSR count). The fourth-order valence-corrected chi connectivity index (χ4v) is 2.26. The number of carbonyl (C=O) groups excluding carboxylic acids is 1. The summed E-state index contributed by atoms with van der Waals surface area (Å²) >= 11 is 0. The summed E-state index contributed by atoms with van der Waals surface area (Å²) in [6.07, 6.45) is 0. The van der Waals surface area contributed by atoms with Crippen molar-refractivity contribution in [2.45, 2.75) is 0 Å². The van der Waals surface area contributed by atoms with Crippen molar-refractivity contribution in [3.63, 3.8) is 0 Å². The molecule has 0 fully saturated rings. The highest BCUT2D eigenvalue weighted by Gasteiger charge is 2.21. The number of carbonyl (C=O) groups is 1. The fourth-order valence-electron chi connectivity index (χ4n) is 2.26. The number of para-hydroxylation sites is 1. The van der Waals surface area contributed by atoms with Crippen LogP contribution in [-0.2, 0) is 0 Å². The van der Waals surface area contributed by atoms with Crippen LogP contribution in [0.4, 0.5) is 11.4 Å². The Morgan fingerprint density at radius 3 is 2.79 bits per heavy atom. The number of amides is 1. The van der Waals surface area contributed by atoms with E-state index in [1.54, 1.807) is 18.2 Å². The van der Waals surface area contributed by atoms with E-state index in [1.807, 2.05) is 0 Å². The van der Waals surface area contributed by atoms with Gasteiger partial charge in [0, 0.05) is 12.1 Å². The molecule has 0 saturated heterocycles. The zero-order valence-electron chi connectivity index (χ0n) is 12.4. The average Bonchev–Trinajstić information content (AvgIpc) is 2.92. The zero-order valence-corrected chi connectivity index (χ0v) is 12.4. The Morgan fingerprint density at radius 2 is 2.08 bits per heavy atom. The summed E-state index contributed by atoms with van der Waals surface area (Å²) in [6.45, 7) is 0. The second-order valence-corrected chi connectivity index (χ2v) is 4.79. The van der Waals surface area contributed by atoms with Gasteiger partial charge in [0.05, 0.1) is 23.1 Å². The van der Waals surface area contributed by atoms with Gasteiger partial charge < -0.3 is 14.5 Å². The number of H-pyrrole nitrogens is 1. The lowest BCUT2D eigenvalue weighted by Gasteiger charge is -2.09. The summed E-state index contributed by atoms with van der Waals surface area (Å²) in [7, 11) is 1.41. The molecular weight excluding hydrogens is 318 g/mol. The molecule has 0 radical (unpaired) electrons. The van der Waals surface area contributed by atoms with Gasteiger partial charge in [0.2, 0.25) is 0 Å². The molecule has 0 spiro atoms. The number of fused-ring (bicyclic) bond motifs is 1. The third-order valence-corrected chi connectivity index (χ3v) is 3.33. The first-order valence-electron chi connectivity index (χ1n) is 6.75. The van der Waals surface area contributed by atoms with Gasteiger partial charge in [0.25, 0.3) is 11.6 Å². The molecule has 1 aromatic heterocycles. The van der Waals surface area contributed by atoms with Crippen LogP contribution in [0.5, 0.6) is 5.75 Å². The maximum atomic E-state index is 12.4.